The molecule has 7 heteroatoms. The number of phenolic OH excluding ortho intramolecular Hbond substituents is 1. The Morgan fingerprint density at radius 1 is 1.12 bits per heavy atom. The minimum Gasteiger partial charge on any atom is -0.507 e. The number of aromatic nitrogens is 3. The number of halogens is 1. The molecule has 1 aliphatic rings. The fourth-order valence-electron chi connectivity index (χ4n) is 4.23. The molecule has 0 fully saturated rings. The highest BCUT2D eigenvalue weighted by Crippen LogP contribution is 2.45. The van der Waals surface area contributed by atoms with Gasteiger partial charge in [-0.05, 0) is 47.4 Å². The largest absolute Gasteiger partial charge is 0.507 e. The number of H-pyrrole nitrogens is 1. The minimum atomic E-state index is -0.365. The number of rotatable bonds is 5. The molecule has 5 rings (SSSR count). The van der Waals surface area contributed by atoms with E-state index in [1.54, 1.807) is 24.5 Å². The first kappa shape index (κ1) is 20.3. The van der Waals surface area contributed by atoms with Crippen LogP contribution in [-0.2, 0) is 13.0 Å². The van der Waals surface area contributed by atoms with Crippen LogP contribution in [0.15, 0.2) is 67.0 Å². The zero-order valence-electron chi connectivity index (χ0n) is 17.4. The number of carbonyl (C=O) groups is 1. The van der Waals surface area contributed by atoms with E-state index in [-0.39, 0.29) is 17.7 Å². The highest BCUT2D eigenvalue weighted by molar-refractivity contribution is 6.31. The van der Waals surface area contributed by atoms with E-state index in [2.05, 4.69) is 46.4 Å². The maximum atomic E-state index is 13.5. The van der Waals surface area contributed by atoms with E-state index in [1.807, 2.05) is 17.0 Å². The third kappa shape index (κ3) is 3.42. The highest BCUT2D eigenvalue weighted by Gasteiger charge is 2.42. The standard InChI is InChI=1S/C25H21ClN4O2/c1-2-15-5-7-17(8-6-15)24-21-22(19-12-18(26)9-10-20(19)31)28-29-23(21)25(32)30(24)14-16-4-3-11-27-13-16/h3-13,24,31H,2,14H2,1H3,(H,28,29). The normalized spacial score (nSPS) is 15.2. The summed E-state index contributed by atoms with van der Waals surface area (Å²) in [4.78, 5) is 19.5. The summed E-state index contributed by atoms with van der Waals surface area (Å²) < 4.78 is 0. The Morgan fingerprint density at radius 3 is 2.66 bits per heavy atom. The summed E-state index contributed by atoms with van der Waals surface area (Å²) in [5, 5.41) is 18.3. The van der Waals surface area contributed by atoms with Crippen LogP contribution in [0.2, 0.25) is 5.02 Å². The second kappa shape index (κ2) is 8.13. The second-order valence-electron chi connectivity index (χ2n) is 7.81. The van der Waals surface area contributed by atoms with Gasteiger partial charge >= 0.3 is 0 Å². The molecule has 0 spiro atoms. The molecule has 6 nitrogen and oxygen atoms in total. The topological polar surface area (TPSA) is 82.1 Å². The smallest absolute Gasteiger partial charge is 0.273 e. The first-order valence-electron chi connectivity index (χ1n) is 10.4. The highest BCUT2D eigenvalue weighted by atomic mass is 35.5. The van der Waals surface area contributed by atoms with Crippen molar-refractivity contribution < 1.29 is 9.90 Å². The van der Waals surface area contributed by atoms with E-state index in [9.17, 15) is 9.90 Å². The van der Waals surface area contributed by atoms with E-state index in [0.717, 1.165) is 23.1 Å². The van der Waals surface area contributed by atoms with Crippen molar-refractivity contribution in [3.63, 3.8) is 0 Å². The molecule has 32 heavy (non-hydrogen) atoms. The molecular formula is C25H21ClN4O2. The van der Waals surface area contributed by atoms with Crippen LogP contribution in [0.1, 0.15) is 45.7 Å². The van der Waals surface area contributed by atoms with Gasteiger partial charge in [0.05, 0.1) is 6.04 Å². The fourth-order valence-corrected chi connectivity index (χ4v) is 4.41. The summed E-state index contributed by atoms with van der Waals surface area (Å²) in [6.07, 6.45) is 4.41. The van der Waals surface area contributed by atoms with Crippen molar-refractivity contribution in [3.05, 3.63) is 100.0 Å². The molecule has 0 saturated heterocycles. The van der Waals surface area contributed by atoms with Crippen LogP contribution in [-0.4, -0.2) is 31.1 Å². The van der Waals surface area contributed by atoms with Crippen molar-refractivity contribution in [2.75, 3.05) is 0 Å². The molecule has 160 valence electrons. The molecule has 0 radical (unpaired) electrons. The van der Waals surface area contributed by atoms with Crippen molar-refractivity contribution in [1.29, 1.82) is 0 Å². The molecule has 4 aromatic rings. The van der Waals surface area contributed by atoms with Gasteiger partial charge in [-0.2, -0.15) is 5.10 Å². The van der Waals surface area contributed by atoms with Crippen molar-refractivity contribution in [3.8, 4) is 17.0 Å². The number of aryl methyl sites for hydroxylation is 1. The van der Waals surface area contributed by atoms with Gasteiger partial charge in [0.1, 0.15) is 17.1 Å². The molecule has 0 aliphatic carbocycles. The number of amides is 1. The van der Waals surface area contributed by atoms with Crippen LogP contribution < -0.4 is 0 Å². The number of phenols is 1. The number of hydrogen-bond acceptors (Lipinski definition) is 4. The first-order chi connectivity index (χ1) is 15.6. The molecule has 2 N–H and O–H groups in total. The summed E-state index contributed by atoms with van der Waals surface area (Å²) in [6.45, 7) is 2.51. The third-order valence-corrected chi connectivity index (χ3v) is 6.09. The van der Waals surface area contributed by atoms with Crippen LogP contribution in [0.25, 0.3) is 11.3 Å². The average Bonchev–Trinajstić information content (AvgIpc) is 3.35. The number of pyridine rings is 1. The first-order valence-corrected chi connectivity index (χ1v) is 10.8. The fraction of sp³-hybridized carbons (Fsp3) is 0.160. The Kier molecular flexibility index (Phi) is 5.15. The lowest BCUT2D eigenvalue weighted by Gasteiger charge is -2.26. The number of aromatic hydroxyl groups is 1. The molecule has 0 saturated carbocycles. The lowest BCUT2D eigenvalue weighted by molar-refractivity contribution is 0.0730. The quantitative estimate of drug-likeness (QED) is 0.446. The number of hydrogen-bond donors (Lipinski definition) is 2. The number of benzene rings is 2. The Hall–Kier alpha value is -3.64. The van der Waals surface area contributed by atoms with E-state index in [4.69, 9.17) is 11.6 Å². The van der Waals surface area contributed by atoms with Gasteiger partial charge in [-0.25, -0.2) is 0 Å². The molecule has 1 unspecified atom stereocenters. The molecule has 2 aromatic heterocycles. The van der Waals surface area contributed by atoms with E-state index < -0.39 is 0 Å². The number of fused-ring (bicyclic) bond motifs is 1. The molecular weight excluding hydrogens is 424 g/mol. The lowest BCUT2D eigenvalue weighted by atomic mass is 9.94. The zero-order valence-corrected chi connectivity index (χ0v) is 18.2. The zero-order chi connectivity index (χ0) is 22.2. The van der Waals surface area contributed by atoms with Gasteiger partial charge < -0.3 is 10.0 Å². The average molecular weight is 445 g/mol. The summed E-state index contributed by atoms with van der Waals surface area (Å²) in [6, 6.07) is 16.5. The Bertz CT molecular complexity index is 1290. The maximum Gasteiger partial charge on any atom is 0.273 e. The van der Waals surface area contributed by atoms with Gasteiger partial charge in [0.15, 0.2) is 0 Å². The van der Waals surface area contributed by atoms with Gasteiger partial charge in [-0.15, -0.1) is 0 Å². The van der Waals surface area contributed by atoms with Crippen LogP contribution in [0.4, 0.5) is 0 Å². The summed E-state index contributed by atoms with van der Waals surface area (Å²) >= 11 is 6.20. The van der Waals surface area contributed by atoms with Crippen LogP contribution >= 0.6 is 11.6 Å². The Morgan fingerprint density at radius 2 is 1.94 bits per heavy atom. The number of nitrogens with one attached hydrogen (secondary N) is 1. The number of nitrogens with zero attached hydrogens (tertiary/aromatic N) is 3. The van der Waals surface area contributed by atoms with Crippen molar-refractivity contribution in [1.82, 2.24) is 20.1 Å². The van der Waals surface area contributed by atoms with Gasteiger partial charge in [0.25, 0.3) is 5.91 Å². The predicted octanol–water partition coefficient (Wildman–Crippen LogP) is 5.14. The summed E-state index contributed by atoms with van der Waals surface area (Å²) in [5.74, 6) is -0.0874. The SMILES string of the molecule is CCc1ccc(C2c3c(-c4cc(Cl)ccc4O)n[nH]c3C(=O)N2Cc2cccnc2)cc1. The molecule has 1 aliphatic heterocycles. The van der Waals surface area contributed by atoms with Crippen LogP contribution in [0, 0.1) is 0 Å². The molecule has 2 aromatic carbocycles. The van der Waals surface area contributed by atoms with Gasteiger partial charge in [0.2, 0.25) is 0 Å². The van der Waals surface area contributed by atoms with Crippen molar-refractivity contribution in [2.24, 2.45) is 0 Å². The molecule has 1 atom stereocenters. The predicted molar refractivity (Wildman–Crippen MR) is 122 cm³/mol. The summed E-state index contributed by atoms with van der Waals surface area (Å²) in [7, 11) is 0. The Labute approximate surface area is 190 Å². The molecule has 1 amide bonds. The second-order valence-corrected chi connectivity index (χ2v) is 8.25. The lowest BCUT2D eigenvalue weighted by Crippen LogP contribution is -2.29. The monoisotopic (exact) mass is 444 g/mol. The van der Waals surface area contributed by atoms with Gasteiger partial charge in [0, 0.05) is 35.1 Å². The maximum absolute atomic E-state index is 13.5. The van der Waals surface area contributed by atoms with E-state index in [0.29, 0.717) is 28.5 Å². The van der Waals surface area contributed by atoms with Gasteiger partial charge in [-0.3, -0.25) is 14.9 Å². The molecule has 3 heterocycles. The van der Waals surface area contributed by atoms with E-state index in [1.165, 1.54) is 11.6 Å². The van der Waals surface area contributed by atoms with Crippen molar-refractivity contribution in [2.45, 2.75) is 25.9 Å². The number of aromatic amines is 1. The van der Waals surface area contributed by atoms with Crippen LogP contribution in [0.3, 0.4) is 0 Å². The van der Waals surface area contributed by atoms with Crippen LogP contribution in [0.5, 0.6) is 5.75 Å². The van der Waals surface area contributed by atoms with Crippen molar-refractivity contribution >= 4 is 17.5 Å². The van der Waals surface area contributed by atoms with E-state index >= 15 is 0 Å². The molecule has 0 bridgehead atoms. The Balaban J connectivity index is 1.67. The minimum absolute atomic E-state index is 0.0574. The number of carbonyl (C=O) groups excluding carboxylic acids is 1. The summed E-state index contributed by atoms with van der Waals surface area (Å²) in [5.41, 5.74) is 5.29. The third-order valence-electron chi connectivity index (χ3n) is 5.86. The van der Waals surface area contributed by atoms with Gasteiger partial charge in [-0.1, -0.05) is 48.9 Å².